The molecule has 0 N–H and O–H groups in total. The monoisotopic (exact) mass is 290 g/mol. The second-order valence-corrected chi connectivity index (χ2v) is 5.38. The van der Waals surface area contributed by atoms with Crippen molar-refractivity contribution in [2.24, 2.45) is 0 Å². The molecule has 2 aromatic carbocycles. The van der Waals surface area contributed by atoms with Crippen LogP contribution in [0.4, 0.5) is 0 Å². The summed E-state index contributed by atoms with van der Waals surface area (Å²) in [5.74, 6) is -0.394. The van der Waals surface area contributed by atoms with E-state index in [9.17, 15) is 9.59 Å². The number of benzene rings is 2. The Balaban J connectivity index is 1.58. The van der Waals surface area contributed by atoms with Gasteiger partial charge in [0.05, 0.1) is 11.1 Å². The summed E-state index contributed by atoms with van der Waals surface area (Å²) in [4.78, 5) is 26.0. The van der Waals surface area contributed by atoms with Crippen LogP contribution in [0.5, 0.6) is 0 Å². The van der Waals surface area contributed by atoms with E-state index in [-0.39, 0.29) is 11.8 Å². The molecule has 4 heteroatoms. The van der Waals surface area contributed by atoms with Crippen LogP contribution in [0, 0.1) is 0 Å². The highest BCUT2D eigenvalue weighted by Gasteiger charge is 2.34. The number of carbonyl (C=O) groups is 2. The molecular weight excluding hydrogens is 276 g/mol. The molecule has 22 heavy (non-hydrogen) atoms. The Bertz CT molecular complexity index is 860. The number of imide groups is 1. The van der Waals surface area contributed by atoms with Gasteiger partial charge < -0.3 is 4.57 Å². The molecule has 1 aromatic heterocycles. The summed E-state index contributed by atoms with van der Waals surface area (Å²) in [6, 6.07) is 17.1. The average Bonchev–Trinajstić information content (AvgIpc) is 3.07. The Kier molecular flexibility index (Phi) is 2.82. The van der Waals surface area contributed by atoms with E-state index >= 15 is 0 Å². The Labute approximate surface area is 127 Å². The van der Waals surface area contributed by atoms with Gasteiger partial charge in [-0.15, -0.1) is 0 Å². The van der Waals surface area contributed by atoms with E-state index in [1.165, 1.54) is 4.90 Å². The topological polar surface area (TPSA) is 42.3 Å². The number of hydrogen-bond donors (Lipinski definition) is 0. The maximum atomic E-state index is 12.3. The molecule has 4 nitrogen and oxygen atoms in total. The van der Waals surface area contributed by atoms with Crippen LogP contribution < -0.4 is 0 Å². The summed E-state index contributed by atoms with van der Waals surface area (Å²) < 4.78 is 2.07. The molecule has 0 atom stereocenters. The van der Waals surface area contributed by atoms with Gasteiger partial charge in [0.1, 0.15) is 0 Å². The molecule has 0 fully saturated rings. The number of para-hydroxylation sites is 1. The SMILES string of the molecule is O=C1c2ccccc2C(=O)N1CCn1ccc2ccccc21. The largest absolute Gasteiger partial charge is 0.346 e. The zero-order valence-corrected chi connectivity index (χ0v) is 11.9. The molecule has 4 rings (SSSR count). The van der Waals surface area contributed by atoms with Crippen LogP contribution in [0.2, 0.25) is 0 Å². The molecule has 0 spiro atoms. The van der Waals surface area contributed by atoms with Gasteiger partial charge in [-0.05, 0) is 29.7 Å². The number of fused-ring (bicyclic) bond motifs is 2. The van der Waals surface area contributed by atoms with Crippen molar-refractivity contribution in [1.82, 2.24) is 9.47 Å². The van der Waals surface area contributed by atoms with Crippen LogP contribution in [0.25, 0.3) is 10.9 Å². The molecular formula is C18H14N2O2. The summed E-state index contributed by atoms with van der Waals surface area (Å²) in [6.45, 7) is 0.976. The minimum absolute atomic E-state index is 0.197. The van der Waals surface area contributed by atoms with Gasteiger partial charge in [-0.1, -0.05) is 30.3 Å². The average molecular weight is 290 g/mol. The molecule has 0 unspecified atom stereocenters. The lowest BCUT2D eigenvalue weighted by Crippen LogP contribution is -2.32. The molecule has 2 heterocycles. The number of nitrogens with zero attached hydrogens (tertiary/aromatic N) is 2. The third kappa shape index (κ3) is 1.84. The summed E-state index contributed by atoms with van der Waals surface area (Å²) in [6.07, 6.45) is 1.99. The fourth-order valence-electron chi connectivity index (χ4n) is 2.99. The van der Waals surface area contributed by atoms with Crippen LogP contribution >= 0.6 is 0 Å². The van der Waals surface area contributed by atoms with Gasteiger partial charge in [0, 0.05) is 24.8 Å². The number of amides is 2. The van der Waals surface area contributed by atoms with Gasteiger partial charge in [0.15, 0.2) is 0 Å². The first kappa shape index (κ1) is 12.8. The highest BCUT2D eigenvalue weighted by Crippen LogP contribution is 2.22. The van der Waals surface area contributed by atoms with Crippen LogP contribution in [-0.2, 0) is 6.54 Å². The van der Waals surface area contributed by atoms with Crippen LogP contribution in [0.3, 0.4) is 0 Å². The van der Waals surface area contributed by atoms with E-state index in [1.54, 1.807) is 24.3 Å². The van der Waals surface area contributed by atoms with Crippen molar-refractivity contribution in [3.05, 3.63) is 71.9 Å². The fourth-order valence-corrected chi connectivity index (χ4v) is 2.99. The van der Waals surface area contributed by atoms with Gasteiger partial charge in [-0.3, -0.25) is 14.5 Å². The van der Waals surface area contributed by atoms with Gasteiger partial charge in [-0.2, -0.15) is 0 Å². The van der Waals surface area contributed by atoms with Crippen LogP contribution in [0.15, 0.2) is 60.8 Å². The second-order valence-electron chi connectivity index (χ2n) is 5.38. The molecule has 1 aliphatic rings. The van der Waals surface area contributed by atoms with Crippen molar-refractivity contribution in [2.75, 3.05) is 6.54 Å². The maximum absolute atomic E-state index is 12.3. The molecule has 1 aliphatic heterocycles. The van der Waals surface area contributed by atoms with Crippen LogP contribution in [0.1, 0.15) is 20.7 Å². The summed E-state index contributed by atoms with van der Waals surface area (Å²) >= 11 is 0. The van der Waals surface area contributed by atoms with Crippen molar-refractivity contribution in [1.29, 1.82) is 0 Å². The van der Waals surface area contributed by atoms with Crippen molar-refractivity contribution >= 4 is 22.7 Å². The molecule has 0 saturated heterocycles. The second kappa shape index (κ2) is 4.84. The number of rotatable bonds is 3. The Morgan fingerprint density at radius 3 is 2.09 bits per heavy atom. The van der Waals surface area contributed by atoms with Gasteiger partial charge in [0.25, 0.3) is 11.8 Å². The molecule has 0 aliphatic carbocycles. The zero-order valence-electron chi connectivity index (χ0n) is 11.9. The minimum atomic E-state index is -0.197. The molecule has 0 saturated carbocycles. The quantitative estimate of drug-likeness (QED) is 0.696. The number of carbonyl (C=O) groups excluding carboxylic acids is 2. The Hall–Kier alpha value is -2.88. The molecule has 0 radical (unpaired) electrons. The van der Waals surface area contributed by atoms with Gasteiger partial charge in [0.2, 0.25) is 0 Å². The molecule has 2 amide bonds. The smallest absolute Gasteiger partial charge is 0.261 e. The lowest BCUT2D eigenvalue weighted by molar-refractivity contribution is 0.0649. The predicted molar refractivity (Wildman–Crippen MR) is 83.7 cm³/mol. The number of hydrogen-bond acceptors (Lipinski definition) is 2. The normalized spacial score (nSPS) is 13.9. The van der Waals surface area contributed by atoms with E-state index in [0.717, 1.165) is 10.9 Å². The van der Waals surface area contributed by atoms with Crippen LogP contribution in [-0.4, -0.2) is 27.8 Å². The highest BCUT2D eigenvalue weighted by molar-refractivity contribution is 6.21. The summed E-state index contributed by atoms with van der Waals surface area (Å²) in [5.41, 5.74) is 2.12. The summed E-state index contributed by atoms with van der Waals surface area (Å²) in [5, 5.41) is 1.16. The van der Waals surface area contributed by atoms with E-state index in [0.29, 0.717) is 24.2 Å². The Morgan fingerprint density at radius 1 is 0.727 bits per heavy atom. The number of aromatic nitrogens is 1. The molecule has 3 aromatic rings. The van der Waals surface area contributed by atoms with Gasteiger partial charge in [-0.25, -0.2) is 0 Å². The minimum Gasteiger partial charge on any atom is -0.346 e. The first-order chi connectivity index (χ1) is 10.8. The van der Waals surface area contributed by atoms with E-state index in [1.807, 2.05) is 36.5 Å². The Morgan fingerprint density at radius 2 is 1.36 bits per heavy atom. The van der Waals surface area contributed by atoms with Crippen molar-refractivity contribution < 1.29 is 9.59 Å². The fraction of sp³-hybridized carbons (Fsp3) is 0.111. The van der Waals surface area contributed by atoms with Crippen molar-refractivity contribution in [2.45, 2.75) is 6.54 Å². The predicted octanol–water partition coefficient (Wildman–Crippen LogP) is 2.94. The third-order valence-corrected chi connectivity index (χ3v) is 4.12. The van der Waals surface area contributed by atoms with Gasteiger partial charge >= 0.3 is 0 Å². The first-order valence-electron chi connectivity index (χ1n) is 7.25. The maximum Gasteiger partial charge on any atom is 0.261 e. The summed E-state index contributed by atoms with van der Waals surface area (Å²) in [7, 11) is 0. The molecule has 108 valence electrons. The van der Waals surface area contributed by atoms with Crippen molar-refractivity contribution in [3.8, 4) is 0 Å². The molecule has 0 bridgehead atoms. The van der Waals surface area contributed by atoms with E-state index in [4.69, 9.17) is 0 Å². The standard InChI is InChI=1S/C18H14N2O2/c21-17-14-6-2-3-7-15(14)18(22)20(17)12-11-19-10-9-13-5-1-4-8-16(13)19/h1-10H,11-12H2. The van der Waals surface area contributed by atoms with E-state index in [2.05, 4.69) is 4.57 Å². The first-order valence-corrected chi connectivity index (χ1v) is 7.25. The zero-order chi connectivity index (χ0) is 15.1. The lowest BCUT2D eigenvalue weighted by Gasteiger charge is -2.14. The lowest BCUT2D eigenvalue weighted by atomic mass is 10.1. The van der Waals surface area contributed by atoms with E-state index < -0.39 is 0 Å². The van der Waals surface area contributed by atoms with Crippen molar-refractivity contribution in [3.63, 3.8) is 0 Å². The third-order valence-electron chi connectivity index (χ3n) is 4.12. The highest BCUT2D eigenvalue weighted by atomic mass is 16.2.